The third-order valence-electron chi connectivity index (χ3n) is 4.16. The molecule has 0 aliphatic heterocycles. The molecule has 1 heterocycles. The van der Waals surface area contributed by atoms with Crippen LogP contribution in [0.15, 0.2) is 47.8 Å². The second-order valence-electron chi connectivity index (χ2n) is 5.32. The molecule has 0 radical (unpaired) electrons. The zero-order valence-corrected chi connectivity index (χ0v) is 11.3. The Labute approximate surface area is 113 Å². The van der Waals surface area contributed by atoms with Crippen LogP contribution in [-0.4, -0.2) is 0 Å². The van der Waals surface area contributed by atoms with Crippen molar-refractivity contribution < 1.29 is 0 Å². The van der Waals surface area contributed by atoms with E-state index in [1.165, 1.54) is 23.3 Å². The molecule has 1 aliphatic rings. The van der Waals surface area contributed by atoms with E-state index in [9.17, 15) is 0 Å². The van der Waals surface area contributed by atoms with Gasteiger partial charge in [-0.25, -0.2) is 0 Å². The zero-order valence-electron chi connectivity index (χ0n) is 10.5. The first kappa shape index (κ1) is 11.9. The highest BCUT2D eigenvalue weighted by Crippen LogP contribution is 2.42. The van der Waals surface area contributed by atoms with Crippen molar-refractivity contribution in [2.75, 3.05) is 0 Å². The third kappa shape index (κ3) is 2.23. The van der Waals surface area contributed by atoms with Gasteiger partial charge in [-0.2, -0.15) is 0 Å². The van der Waals surface area contributed by atoms with Crippen LogP contribution in [0.1, 0.15) is 42.0 Å². The lowest BCUT2D eigenvalue weighted by atomic mass is 9.74. The molecule has 1 nitrogen and oxygen atoms in total. The lowest BCUT2D eigenvalue weighted by Crippen LogP contribution is -2.39. The third-order valence-corrected chi connectivity index (χ3v) is 5.25. The summed E-state index contributed by atoms with van der Waals surface area (Å²) in [5, 5.41) is 2.13. The smallest absolute Gasteiger partial charge is 0.0504 e. The first-order valence-electron chi connectivity index (χ1n) is 6.66. The summed E-state index contributed by atoms with van der Waals surface area (Å²) in [4.78, 5) is 1.36. The molecule has 1 fully saturated rings. The first-order chi connectivity index (χ1) is 8.78. The van der Waals surface area contributed by atoms with Crippen molar-refractivity contribution in [3.8, 4) is 0 Å². The van der Waals surface area contributed by atoms with Gasteiger partial charge in [0.05, 0.1) is 5.54 Å². The van der Waals surface area contributed by atoms with Gasteiger partial charge in [-0.15, -0.1) is 11.3 Å². The SMILES string of the molecule is NC1(c2cccs2)CCC(c2ccccc2)CC1. The fourth-order valence-corrected chi connectivity index (χ4v) is 3.90. The fraction of sp³-hybridized carbons (Fsp3) is 0.375. The second kappa shape index (κ2) is 4.87. The number of rotatable bonds is 2. The summed E-state index contributed by atoms with van der Waals surface area (Å²) in [5.74, 6) is 0.697. The average Bonchev–Trinajstić information content (AvgIpc) is 2.95. The van der Waals surface area contributed by atoms with Gasteiger partial charge in [0.25, 0.3) is 0 Å². The van der Waals surface area contributed by atoms with Gasteiger partial charge >= 0.3 is 0 Å². The van der Waals surface area contributed by atoms with Crippen LogP contribution in [0.2, 0.25) is 0 Å². The van der Waals surface area contributed by atoms with Crippen LogP contribution in [0.3, 0.4) is 0 Å². The predicted molar refractivity (Wildman–Crippen MR) is 77.8 cm³/mol. The van der Waals surface area contributed by atoms with Gasteiger partial charge < -0.3 is 5.73 Å². The predicted octanol–water partition coefficient (Wildman–Crippen LogP) is 4.26. The lowest BCUT2D eigenvalue weighted by molar-refractivity contribution is 0.281. The minimum atomic E-state index is -0.0700. The van der Waals surface area contributed by atoms with Gasteiger partial charge in [-0.05, 0) is 48.6 Å². The van der Waals surface area contributed by atoms with Crippen molar-refractivity contribution in [2.45, 2.75) is 37.1 Å². The van der Waals surface area contributed by atoms with Crippen LogP contribution in [0, 0.1) is 0 Å². The fourth-order valence-electron chi connectivity index (χ4n) is 3.00. The van der Waals surface area contributed by atoms with Crippen LogP contribution >= 0.6 is 11.3 Å². The number of nitrogens with two attached hydrogens (primary N) is 1. The normalized spacial score (nSPS) is 28.2. The standard InChI is InChI=1S/C16H19NS/c17-16(15-7-4-12-18-15)10-8-14(9-11-16)13-5-2-1-3-6-13/h1-7,12,14H,8-11,17H2. The quantitative estimate of drug-likeness (QED) is 0.854. The van der Waals surface area contributed by atoms with Crippen LogP contribution in [-0.2, 0) is 5.54 Å². The molecule has 2 heteroatoms. The highest BCUT2D eigenvalue weighted by atomic mass is 32.1. The van der Waals surface area contributed by atoms with E-state index >= 15 is 0 Å². The van der Waals surface area contributed by atoms with Crippen molar-refractivity contribution in [3.63, 3.8) is 0 Å². The minimum absolute atomic E-state index is 0.0700. The van der Waals surface area contributed by atoms with Gasteiger partial charge in [0.2, 0.25) is 0 Å². The van der Waals surface area contributed by atoms with Gasteiger partial charge in [-0.1, -0.05) is 36.4 Å². The summed E-state index contributed by atoms with van der Waals surface area (Å²) in [7, 11) is 0. The van der Waals surface area contributed by atoms with Gasteiger partial charge in [0, 0.05) is 4.88 Å². The van der Waals surface area contributed by atoms with Crippen LogP contribution in [0.25, 0.3) is 0 Å². The van der Waals surface area contributed by atoms with E-state index in [1.54, 1.807) is 11.3 Å². The molecule has 1 aliphatic carbocycles. The molecule has 1 aromatic heterocycles. The molecule has 0 amide bonds. The van der Waals surface area contributed by atoms with Gasteiger partial charge in [0.15, 0.2) is 0 Å². The molecule has 94 valence electrons. The summed E-state index contributed by atoms with van der Waals surface area (Å²) in [6.45, 7) is 0. The molecular weight excluding hydrogens is 238 g/mol. The summed E-state index contributed by atoms with van der Waals surface area (Å²) in [5.41, 5.74) is 7.98. The van der Waals surface area contributed by atoms with Gasteiger partial charge in [-0.3, -0.25) is 0 Å². The van der Waals surface area contributed by atoms with Crippen molar-refractivity contribution in [1.82, 2.24) is 0 Å². The van der Waals surface area contributed by atoms with E-state index in [0.717, 1.165) is 12.8 Å². The highest BCUT2D eigenvalue weighted by Gasteiger charge is 2.34. The van der Waals surface area contributed by atoms with E-state index in [-0.39, 0.29) is 5.54 Å². The average molecular weight is 257 g/mol. The highest BCUT2D eigenvalue weighted by molar-refractivity contribution is 7.10. The van der Waals surface area contributed by atoms with E-state index in [2.05, 4.69) is 47.8 Å². The maximum atomic E-state index is 6.58. The van der Waals surface area contributed by atoms with Crippen molar-refractivity contribution >= 4 is 11.3 Å². The summed E-state index contributed by atoms with van der Waals surface area (Å²) >= 11 is 1.80. The maximum absolute atomic E-state index is 6.58. The molecule has 2 aromatic rings. The molecule has 1 saturated carbocycles. The van der Waals surface area contributed by atoms with Crippen LogP contribution in [0.5, 0.6) is 0 Å². The molecule has 0 bridgehead atoms. The van der Waals surface area contributed by atoms with Crippen molar-refractivity contribution in [2.24, 2.45) is 5.73 Å². The minimum Gasteiger partial charge on any atom is -0.321 e. The van der Waals surface area contributed by atoms with E-state index < -0.39 is 0 Å². The Hall–Kier alpha value is -1.12. The maximum Gasteiger partial charge on any atom is 0.0504 e. The van der Waals surface area contributed by atoms with E-state index in [1.807, 2.05) is 0 Å². The Kier molecular flexibility index (Phi) is 3.23. The van der Waals surface area contributed by atoms with E-state index in [0.29, 0.717) is 5.92 Å². The first-order valence-corrected chi connectivity index (χ1v) is 7.54. The monoisotopic (exact) mass is 257 g/mol. The number of benzene rings is 1. The van der Waals surface area contributed by atoms with Gasteiger partial charge in [0.1, 0.15) is 0 Å². The Morgan fingerprint density at radius 2 is 1.72 bits per heavy atom. The molecule has 0 saturated heterocycles. The molecule has 2 N–H and O–H groups in total. The number of thiophene rings is 1. The Morgan fingerprint density at radius 3 is 2.33 bits per heavy atom. The lowest BCUT2D eigenvalue weighted by Gasteiger charge is -2.36. The van der Waals surface area contributed by atoms with Crippen LogP contribution in [0.4, 0.5) is 0 Å². The second-order valence-corrected chi connectivity index (χ2v) is 6.27. The Bertz CT molecular complexity index is 481. The zero-order chi connectivity index (χ0) is 12.4. The Morgan fingerprint density at radius 1 is 1.00 bits per heavy atom. The molecule has 0 spiro atoms. The molecule has 1 aromatic carbocycles. The number of hydrogen-bond acceptors (Lipinski definition) is 2. The largest absolute Gasteiger partial charge is 0.321 e. The summed E-state index contributed by atoms with van der Waals surface area (Å²) in [6.07, 6.45) is 4.62. The van der Waals surface area contributed by atoms with Crippen molar-refractivity contribution in [3.05, 3.63) is 58.3 Å². The molecule has 3 rings (SSSR count). The summed E-state index contributed by atoms with van der Waals surface area (Å²) < 4.78 is 0. The Balaban J connectivity index is 1.72. The van der Waals surface area contributed by atoms with Crippen LogP contribution < -0.4 is 5.73 Å². The van der Waals surface area contributed by atoms with Crippen molar-refractivity contribution in [1.29, 1.82) is 0 Å². The topological polar surface area (TPSA) is 26.0 Å². The molecule has 0 unspecified atom stereocenters. The molecule has 18 heavy (non-hydrogen) atoms. The summed E-state index contributed by atoms with van der Waals surface area (Å²) in [6, 6.07) is 15.2. The number of hydrogen-bond donors (Lipinski definition) is 1. The molecular formula is C16H19NS. The molecule has 0 atom stereocenters. The van der Waals surface area contributed by atoms with E-state index in [4.69, 9.17) is 5.73 Å².